The highest BCUT2D eigenvalue weighted by atomic mass is 16.5. The predicted molar refractivity (Wildman–Crippen MR) is 81.3 cm³/mol. The minimum atomic E-state index is -0.298. The Morgan fingerprint density at radius 2 is 2.05 bits per heavy atom. The topological polar surface area (TPSA) is 55.3 Å². The number of carbonyl (C=O) groups excluding carboxylic acids is 1. The van der Waals surface area contributed by atoms with Gasteiger partial charge in [-0.05, 0) is 51.4 Å². The summed E-state index contributed by atoms with van der Waals surface area (Å²) in [4.78, 5) is 22.7. The van der Waals surface area contributed by atoms with Crippen LogP contribution in [-0.2, 0) is 4.74 Å². The van der Waals surface area contributed by atoms with E-state index in [4.69, 9.17) is 4.74 Å². The molecule has 0 radical (unpaired) electrons. The van der Waals surface area contributed by atoms with E-state index >= 15 is 0 Å². The van der Waals surface area contributed by atoms with Crippen molar-refractivity contribution in [1.29, 1.82) is 0 Å². The molecule has 4 rings (SSSR count). The van der Waals surface area contributed by atoms with Crippen LogP contribution in [-0.4, -0.2) is 45.1 Å². The second-order valence-electron chi connectivity index (χ2n) is 7.80. The fourth-order valence-corrected chi connectivity index (χ4v) is 4.90. The first-order valence-electron chi connectivity index (χ1n) is 8.22. The molecule has 0 unspecified atom stereocenters. The van der Waals surface area contributed by atoms with Crippen LogP contribution in [0.25, 0.3) is 0 Å². The van der Waals surface area contributed by atoms with Gasteiger partial charge in [-0.1, -0.05) is 0 Å². The molecule has 1 aromatic rings. The summed E-state index contributed by atoms with van der Waals surface area (Å²) in [6.45, 7) is 5.54. The van der Waals surface area contributed by atoms with Crippen LogP contribution >= 0.6 is 0 Å². The Balaban J connectivity index is 1.62. The maximum absolute atomic E-state index is 12.8. The second-order valence-corrected chi connectivity index (χ2v) is 7.80. The Hall–Kier alpha value is -1.49. The highest BCUT2D eigenvalue weighted by Crippen LogP contribution is 2.55. The number of aromatic nitrogens is 2. The van der Waals surface area contributed by atoms with E-state index in [1.165, 1.54) is 25.6 Å². The van der Waals surface area contributed by atoms with Gasteiger partial charge < -0.3 is 9.64 Å². The van der Waals surface area contributed by atoms with Gasteiger partial charge in [0.15, 0.2) is 0 Å². The second kappa shape index (κ2) is 4.75. The highest BCUT2D eigenvalue weighted by Gasteiger charge is 2.57. The lowest BCUT2D eigenvalue weighted by molar-refractivity contribution is -0.208. The van der Waals surface area contributed by atoms with Gasteiger partial charge in [-0.15, -0.1) is 0 Å². The summed E-state index contributed by atoms with van der Waals surface area (Å²) >= 11 is 0. The smallest absolute Gasteiger partial charge is 0.257 e. The van der Waals surface area contributed by atoms with E-state index < -0.39 is 0 Å². The fourth-order valence-electron chi connectivity index (χ4n) is 4.90. The number of hydrogen-bond donors (Lipinski definition) is 0. The third kappa shape index (κ3) is 2.22. The average molecular weight is 301 g/mol. The number of hydrogen-bond acceptors (Lipinski definition) is 4. The fraction of sp³-hybridized carbons (Fsp3) is 0.706. The molecule has 0 aromatic carbocycles. The van der Waals surface area contributed by atoms with Gasteiger partial charge in [0.05, 0.1) is 23.3 Å². The molecule has 2 saturated carbocycles. The first kappa shape index (κ1) is 14.1. The van der Waals surface area contributed by atoms with Crippen molar-refractivity contribution in [2.75, 3.05) is 13.1 Å². The number of morpholine rings is 1. The lowest BCUT2D eigenvalue weighted by Crippen LogP contribution is -2.62. The third-order valence-corrected chi connectivity index (χ3v) is 5.52. The van der Waals surface area contributed by atoms with Crippen molar-refractivity contribution < 1.29 is 9.53 Å². The van der Waals surface area contributed by atoms with E-state index in [1.807, 2.05) is 4.90 Å². The molecule has 0 N–H and O–H groups in total. The molecule has 1 amide bonds. The van der Waals surface area contributed by atoms with E-state index in [1.54, 1.807) is 12.4 Å². The lowest BCUT2D eigenvalue weighted by atomic mass is 9.81. The molecule has 3 fully saturated rings. The molecular formula is C17H23N3O2. The SMILES string of the molecule is CC1(C)CN(C(=O)c2cncnc2)C[C@]2(C[C@@H]3CC[C@H]2C3)O1. The molecule has 1 aromatic heterocycles. The van der Waals surface area contributed by atoms with E-state index in [0.717, 1.165) is 12.3 Å². The minimum Gasteiger partial charge on any atom is -0.365 e. The number of fused-ring (bicyclic) bond motifs is 3. The zero-order chi connectivity index (χ0) is 15.4. The average Bonchev–Trinajstić information content (AvgIpc) is 3.06. The number of carbonyl (C=O) groups is 1. The van der Waals surface area contributed by atoms with Crippen LogP contribution in [0.2, 0.25) is 0 Å². The number of amides is 1. The zero-order valence-electron chi connectivity index (χ0n) is 13.3. The van der Waals surface area contributed by atoms with Crippen LogP contribution in [0.3, 0.4) is 0 Å². The zero-order valence-corrected chi connectivity index (χ0v) is 13.3. The summed E-state index contributed by atoms with van der Waals surface area (Å²) in [5.74, 6) is 1.43. The molecule has 5 nitrogen and oxygen atoms in total. The Kier molecular flexibility index (Phi) is 3.05. The van der Waals surface area contributed by atoms with Crippen molar-refractivity contribution >= 4 is 5.91 Å². The summed E-state index contributed by atoms with van der Waals surface area (Å²) in [6.07, 6.45) is 9.62. The maximum atomic E-state index is 12.8. The summed E-state index contributed by atoms with van der Waals surface area (Å²) in [5.41, 5.74) is 0.141. The summed E-state index contributed by atoms with van der Waals surface area (Å²) < 4.78 is 6.55. The molecule has 5 heteroatoms. The van der Waals surface area contributed by atoms with Gasteiger partial charge in [-0.25, -0.2) is 9.97 Å². The van der Waals surface area contributed by atoms with Crippen molar-refractivity contribution in [1.82, 2.24) is 14.9 Å². The number of ether oxygens (including phenoxy) is 1. The van der Waals surface area contributed by atoms with Gasteiger partial charge in [0, 0.05) is 18.9 Å². The Bertz CT molecular complexity index is 589. The normalized spacial score (nSPS) is 36.0. The van der Waals surface area contributed by atoms with Crippen molar-refractivity contribution in [3.63, 3.8) is 0 Å². The molecule has 2 aliphatic carbocycles. The van der Waals surface area contributed by atoms with Gasteiger partial charge in [0.25, 0.3) is 5.91 Å². The van der Waals surface area contributed by atoms with E-state index in [0.29, 0.717) is 24.6 Å². The molecule has 1 spiro atoms. The van der Waals surface area contributed by atoms with Crippen LogP contribution in [0.4, 0.5) is 0 Å². The summed E-state index contributed by atoms with van der Waals surface area (Å²) in [6, 6.07) is 0. The van der Waals surface area contributed by atoms with Crippen LogP contribution < -0.4 is 0 Å². The van der Waals surface area contributed by atoms with Gasteiger partial charge in [0.2, 0.25) is 0 Å². The van der Waals surface area contributed by atoms with Gasteiger partial charge in [0.1, 0.15) is 6.33 Å². The molecule has 3 atom stereocenters. The van der Waals surface area contributed by atoms with E-state index in [-0.39, 0.29) is 17.1 Å². The van der Waals surface area contributed by atoms with Gasteiger partial charge in [-0.2, -0.15) is 0 Å². The van der Waals surface area contributed by atoms with Crippen LogP contribution in [0, 0.1) is 11.8 Å². The molecular weight excluding hydrogens is 278 g/mol. The van der Waals surface area contributed by atoms with Crippen molar-refractivity contribution in [2.24, 2.45) is 11.8 Å². The Morgan fingerprint density at radius 3 is 2.68 bits per heavy atom. The minimum absolute atomic E-state index is 0.0270. The van der Waals surface area contributed by atoms with Crippen LogP contribution in [0.15, 0.2) is 18.7 Å². The molecule has 2 heterocycles. The van der Waals surface area contributed by atoms with E-state index in [2.05, 4.69) is 23.8 Å². The van der Waals surface area contributed by atoms with Crippen LogP contribution in [0.1, 0.15) is 49.9 Å². The Morgan fingerprint density at radius 1 is 1.27 bits per heavy atom. The standard InChI is InChI=1S/C17H23N3O2/c1-16(2)9-20(15(21)13-7-18-11-19-8-13)10-17(22-16)6-12-3-4-14(17)5-12/h7-8,11-12,14H,3-6,9-10H2,1-2H3/t12-,14+,17+/m1/s1. The largest absolute Gasteiger partial charge is 0.365 e. The van der Waals surface area contributed by atoms with Crippen molar-refractivity contribution in [3.05, 3.63) is 24.3 Å². The predicted octanol–water partition coefficient (Wildman–Crippen LogP) is 2.29. The highest BCUT2D eigenvalue weighted by molar-refractivity contribution is 5.93. The maximum Gasteiger partial charge on any atom is 0.257 e. The first-order valence-corrected chi connectivity index (χ1v) is 8.22. The molecule has 22 heavy (non-hydrogen) atoms. The van der Waals surface area contributed by atoms with Gasteiger partial charge in [-0.3, -0.25) is 4.79 Å². The van der Waals surface area contributed by atoms with Crippen molar-refractivity contribution in [2.45, 2.75) is 50.7 Å². The molecule has 1 aliphatic heterocycles. The lowest BCUT2D eigenvalue weighted by Gasteiger charge is -2.52. The quantitative estimate of drug-likeness (QED) is 0.798. The van der Waals surface area contributed by atoms with Crippen molar-refractivity contribution in [3.8, 4) is 0 Å². The third-order valence-electron chi connectivity index (χ3n) is 5.52. The van der Waals surface area contributed by atoms with Crippen LogP contribution in [0.5, 0.6) is 0 Å². The van der Waals surface area contributed by atoms with Gasteiger partial charge >= 0.3 is 0 Å². The molecule has 1 saturated heterocycles. The van der Waals surface area contributed by atoms with E-state index in [9.17, 15) is 4.79 Å². The first-order chi connectivity index (χ1) is 10.5. The number of rotatable bonds is 1. The molecule has 2 bridgehead atoms. The molecule has 118 valence electrons. The number of nitrogens with zero attached hydrogens (tertiary/aromatic N) is 3. The molecule has 3 aliphatic rings. The summed E-state index contributed by atoms with van der Waals surface area (Å²) in [5, 5.41) is 0. The Labute approximate surface area is 131 Å². The summed E-state index contributed by atoms with van der Waals surface area (Å²) in [7, 11) is 0. The monoisotopic (exact) mass is 301 g/mol.